The van der Waals surface area contributed by atoms with E-state index in [1.807, 2.05) is 12.4 Å². The van der Waals surface area contributed by atoms with Gasteiger partial charge < -0.3 is 15.4 Å². The summed E-state index contributed by atoms with van der Waals surface area (Å²) in [7, 11) is -1.36. The molecule has 5 nitrogen and oxygen atoms in total. The molecule has 0 saturated heterocycles. The molecule has 0 bridgehead atoms. The third-order valence-electron chi connectivity index (χ3n) is 2.84. The number of allylic oxidation sites excluding steroid dienone is 1. The van der Waals surface area contributed by atoms with E-state index in [9.17, 15) is 4.79 Å². The van der Waals surface area contributed by atoms with Crippen molar-refractivity contribution in [2.75, 3.05) is 6.54 Å². The van der Waals surface area contributed by atoms with E-state index in [4.69, 9.17) is 10.0 Å². The van der Waals surface area contributed by atoms with Crippen molar-refractivity contribution >= 4 is 13.0 Å². The summed E-state index contributed by atoms with van der Waals surface area (Å²) >= 11 is 0. The summed E-state index contributed by atoms with van der Waals surface area (Å²) in [6, 6.07) is 4.10. The first kappa shape index (κ1) is 16.4. The van der Waals surface area contributed by atoms with Crippen LogP contribution in [0.5, 0.6) is 0 Å². The maximum Gasteiger partial charge on any atom is 0.480 e. The zero-order valence-corrected chi connectivity index (χ0v) is 11.8. The van der Waals surface area contributed by atoms with Crippen molar-refractivity contribution in [1.82, 2.24) is 5.32 Å². The smallest absolute Gasteiger partial charge is 0.424 e. The van der Waals surface area contributed by atoms with Crippen LogP contribution in [-0.2, 0) is 17.8 Å². The van der Waals surface area contributed by atoms with Gasteiger partial charge in [0.25, 0.3) is 0 Å². The summed E-state index contributed by atoms with van der Waals surface area (Å²) in [5, 5.41) is 20.1. The number of amides is 1. The lowest BCUT2D eigenvalue weighted by molar-refractivity contribution is -0.697. The van der Waals surface area contributed by atoms with E-state index in [2.05, 4.69) is 22.0 Å². The van der Waals surface area contributed by atoms with Gasteiger partial charge in [0, 0.05) is 32.0 Å². The molecule has 0 aliphatic rings. The molecule has 6 heteroatoms. The molecule has 0 spiro atoms. The zero-order valence-electron chi connectivity index (χ0n) is 11.8. The lowest BCUT2D eigenvalue weighted by atomic mass is 9.91. The van der Waals surface area contributed by atoms with Crippen LogP contribution in [-0.4, -0.2) is 29.6 Å². The van der Waals surface area contributed by atoms with E-state index in [-0.39, 0.29) is 5.91 Å². The predicted octanol–water partition coefficient (Wildman–Crippen LogP) is 0.00110. The standard InChI is InChI=1S/C14H21BN2O3/c1-13(18)16-9-5-14-6-11-17(12-7-14)10-4-2-3-8-15(19)20/h3,6-8,11-12,19-20H,2,4-5,9-10H2,1H3/p+1/b8-3+. The van der Waals surface area contributed by atoms with E-state index < -0.39 is 7.12 Å². The normalized spacial score (nSPS) is 10.8. The second-order valence-corrected chi connectivity index (χ2v) is 4.66. The topological polar surface area (TPSA) is 73.4 Å². The molecular weight excluding hydrogens is 255 g/mol. The Labute approximate surface area is 120 Å². The van der Waals surface area contributed by atoms with Gasteiger partial charge in [0.1, 0.15) is 6.54 Å². The number of rotatable bonds is 8. The molecular formula is C14H22BN2O3+. The Balaban J connectivity index is 2.26. The number of carbonyl (C=O) groups excluding carboxylic acids is 1. The molecule has 0 saturated carbocycles. The van der Waals surface area contributed by atoms with Gasteiger partial charge >= 0.3 is 7.12 Å². The molecule has 1 amide bonds. The molecule has 0 aliphatic heterocycles. The van der Waals surface area contributed by atoms with Crippen LogP contribution in [0.2, 0.25) is 0 Å². The molecule has 3 N–H and O–H groups in total. The number of aromatic nitrogens is 1. The number of nitrogens with one attached hydrogen (secondary N) is 1. The van der Waals surface area contributed by atoms with E-state index in [0.29, 0.717) is 6.54 Å². The van der Waals surface area contributed by atoms with Gasteiger partial charge in [-0.05, 0) is 18.4 Å². The average molecular weight is 277 g/mol. The predicted molar refractivity (Wildman–Crippen MR) is 77.6 cm³/mol. The van der Waals surface area contributed by atoms with Gasteiger partial charge in [-0.15, -0.1) is 0 Å². The Hall–Kier alpha value is -1.66. The van der Waals surface area contributed by atoms with Crippen LogP contribution in [0.3, 0.4) is 0 Å². The summed E-state index contributed by atoms with van der Waals surface area (Å²) in [6.07, 6.45) is 8.40. The minimum Gasteiger partial charge on any atom is -0.424 e. The molecule has 0 fully saturated rings. The van der Waals surface area contributed by atoms with E-state index in [0.717, 1.165) is 25.8 Å². The van der Waals surface area contributed by atoms with Gasteiger partial charge in [0.05, 0.1) is 0 Å². The fourth-order valence-corrected chi connectivity index (χ4v) is 1.80. The summed E-state index contributed by atoms with van der Waals surface area (Å²) in [5.74, 6) is 1.37. The van der Waals surface area contributed by atoms with Crippen LogP contribution in [0.15, 0.2) is 36.6 Å². The quantitative estimate of drug-likeness (QED) is 0.356. The van der Waals surface area contributed by atoms with Gasteiger partial charge in [0.2, 0.25) is 5.91 Å². The monoisotopic (exact) mass is 277 g/mol. The maximum atomic E-state index is 10.7. The highest BCUT2D eigenvalue weighted by Gasteiger charge is 2.01. The molecule has 1 aromatic rings. The minimum absolute atomic E-state index is 0.00273. The van der Waals surface area contributed by atoms with Gasteiger partial charge in [0.15, 0.2) is 12.4 Å². The largest absolute Gasteiger partial charge is 0.480 e. The maximum absolute atomic E-state index is 10.7. The van der Waals surface area contributed by atoms with Gasteiger partial charge in [-0.2, -0.15) is 0 Å². The Bertz CT molecular complexity index is 433. The van der Waals surface area contributed by atoms with Gasteiger partial charge in [-0.25, -0.2) is 4.57 Å². The zero-order chi connectivity index (χ0) is 14.8. The minimum atomic E-state index is -1.36. The Morgan fingerprint density at radius 2 is 2.10 bits per heavy atom. The first-order valence-corrected chi connectivity index (χ1v) is 6.83. The number of hydrogen-bond donors (Lipinski definition) is 3. The fraction of sp³-hybridized carbons (Fsp3) is 0.429. The lowest BCUT2D eigenvalue weighted by Crippen LogP contribution is -2.32. The van der Waals surface area contributed by atoms with Crippen LogP contribution >= 0.6 is 0 Å². The molecule has 0 aliphatic carbocycles. The summed E-state index contributed by atoms with van der Waals surface area (Å²) in [4.78, 5) is 10.7. The first-order chi connectivity index (χ1) is 9.58. The van der Waals surface area contributed by atoms with Crippen LogP contribution in [0.4, 0.5) is 0 Å². The van der Waals surface area contributed by atoms with Crippen molar-refractivity contribution in [2.24, 2.45) is 0 Å². The highest BCUT2D eigenvalue weighted by atomic mass is 16.4. The third kappa shape index (κ3) is 7.71. The molecule has 20 heavy (non-hydrogen) atoms. The van der Waals surface area contributed by atoms with E-state index in [1.54, 1.807) is 6.08 Å². The Kier molecular flexibility index (Phi) is 7.61. The van der Waals surface area contributed by atoms with Crippen molar-refractivity contribution in [1.29, 1.82) is 0 Å². The Morgan fingerprint density at radius 3 is 2.70 bits per heavy atom. The molecule has 1 aromatic heterocycles. The molecule has 0 atom stereocenters. The summed E-state index contributed by atoms with van der Waals surface area (Å²) in [5.41, 5.74) is 1.19. The van der Waals surface area contributed by atoms with Crippen LogP contribution < -0.4 is 9.88 Å². The van der Waals surface area contributed by atoms with Crippen molar-refractivity contribution in [3.63, 3.8) is 0 Å². The lowest BCUT2D eigenvalue weighted by Gasteiger charge is -2.02. The number of nitrogens with zero attached hydrogens (tertiary/aromatic N) is 1. The van der Waals surface area contributed by atoms with Crippen LogP contribution in [0, 0.1) is 0 Å². The van der Waals surface area contributed by atoms with Gasteiger partial charge in [-0.3, -0.25) is 4.79 Å². The van der Waals surface area contributed by atoms with Crippen LogP contribution in [0.1, 0.15) is 25.3 Å². The number of pyridine rings is 1. The SMILES string of the molecule is CC(=O)NCCc1cc[n+](CCC/C=C/B(O)O)cc1. The van der Waals surface area contributed by atoms with Crippen LogP contribution in [0.25, 0.3) is 0 Å². The second kappa shape index (κ2) is 9.28. The summed E-state index contributed by atoms with van der Waals surface area (Å²) < 4.78 is 2.09. The molecule has 1 heterocycles. The van der Waals surface area contributed by atoms with Crippen molar-refractivity contribution in [2.45, 2.75) is 32.7 Å². The molecule has 0 radical (unpaired) electrons. The van der Waals surface area contributed by atoms with Crippen molar-refractivity contribution in [3.05, 3.63) is 42.1 Å². The number of hydrogen-bond acceptors (Lipinski definition) is 3. The number of unbranched alkanes of at least 4 members (excludes halogenated alkanes) is 1. The summed E-state index contributed by atoms with van der Waals surface area (Å²) in [6.45, 7) is 3.06. The van der Waals surface area contributed by atoms with Crippen molar-refractivity contribution < 1.29 is 19.4 Å². The average Bonchev–Trinajstić information content (AvgIpc) is 2.39. The molecule has 0 aromatic carbocycles. The fourth-order valence-electron chi connectivity index (χ4n) is 1.80. The number of carbonyl (C=O) groups is 1. The third-order valence-corrected chi connectivity index (χ3v) is 2.84. The van der Waals surface area contributed by atoms with Crippen molar-refractivity contribution in [3.8, 4) is 0 Å². The van der Waals surface area contributed by atoms with E-state index in [1.165, 1.54) is 18.5 Å². The van der Waals surface area contributed by atoms with Gasteiger partial charge in [-0.1, -0.05) is 12.1 Å². The second-order valence-electron chi connectivity index (χ2n) is 4.66. The molecule has 0 unspecified atom stereocenters. The highest BCUT2D eigenvalue weighted by molar-refractivity contribution is 6.47. The number of aryl methyl sites for hydroxylation is 1. The molecule has 108 valence electrons. The highest BCUT2D eigenvalue weighted by Crippen LogP contribution is 1.97. The van der Waals surface area contributed by atoms with E-state index >= 15 is 0 Å². The molecule has 1 rings (SSSR count). The first-order valence-electron chi connectivity index (χ1n) is 6.83. The Morgan fingerprint density at radius 1 is 1.40 bits per heavy atom.